The van der Waals surface area contributed by atoms with Gasteiger partial charge in [-0.05, 0) is 37.5 Å². The second-order valence-electron chi connectivity index (χ2n) is 3.47. The lowest BCUT2D eigenvalue weighted by atomic mass is 10.2. The van der Waals surface area contributed by atoms with E-state index in [4.69, 9.17) is 0 Å². The summed E-state index contributed by atoms with van der Waals surface area (Å²) in [6.07, 6.45) is 3.88. The van der Waals surface area contributed by atoms with Gasteiger partial charge in [0.15, 0.2) is 0 Å². The van der Waals surface area contributed by atoms with Gasteiger partial charge in [-0.25, -0.2) is 0 Å². The largest absolute Gasteiger partial charge is 0.348 e. The third-order valence-corrected chi connectivity index (χ3v) is 2.06. The molecular weight excluding hydrogens is 164 g/mol. The summed E-state index contributed by atoms with van der Waals surface area (Å²) in [4.78, 5) is 15.5. The number of hydrogen-bond acceptors (Lipinski definition) is 2. The minimum Gasteiger partial charge on any atom is -0.348 e. The van der Waals surface area contributed by atoms with Crippen LogP contribution < -0.4 is 5.32 Å². The zero-order valence-corrected chi connectivity index (χ0v) is 7.58. The van der Waals surface area contributed by atoms with Crippen molar-refractivity contribution in [2.24, 2.45) is 0 Å². The number of rotatable bonds is 2. The average Bonchev–Trinajstić information content (AvgIpc) is 2.88. The Bertz CT molecular complexity index is 331. The number of hydrogen-bond donors (Lipinski definition) is 1. The van der Waals surface area contributed by atoms with E-state index in [1.165, 1.54) is 0 Å². The first-order valence-corrected chi connectivity index (χ1v) is 4.49. The van der Waals surface area contributed by atoms with Crippen LogP contribution in [-0.2, 0) is 0 Å². The number of pyridine rings is 1. The fourth-order valence-corrected chi connectivity index (χ4v) is 1.15. The van der Waals surface area contributed by atoms with Crippen molar-refractivity contribution in [2.45, 2.75) is 25.8 Å². The Hall–Kier alpha value is -1.38. The highest BCUT2D eigenvalue weighted by Crippen LogP contribution is 2.19. The van der Waals surface area contributed by atoms with Gasteiger partial charge in [-0.15, -0.1) is 0 Å². The summed E-state index contributed by atoms with van der Waals surface area (Å²) in [5.74, 6) is -0.0498. The molecule has 1 fully saturated rings. The van der Waals surface area contributed by atoms with E-state index in [1.807, 2.05) is 13.0 Å². The van der Waals surface area contributed by atoms with Gasteiger partial charge in [0.2, 0.25) is 0 Å². The van der Waals surface area contributed by atoms with E-state index in [2.05, 4.69) is 10.3 Å². The Morgan fingerprint density at radius 3 is 3.00 bits per heavy atom. The SMILES string of the molecule is Cc1ccnc(C(=O)NC2CC2)c1. The van der Waals surface area contributed by atoms with E-state index < -0.39 is 0 Å². The number of nitrogens with zero attached hydrogens (tertiary/aromatic N) is 1. The van der Waals surface area contributed by atoms with E-state index in [0.29, 0.717) is 11.7 Å². The zero-order valence-electron chi connectivity index (χ0n) is 7.58. The van der Waals surface area contributed by atoms with Crippen LogP contribution in [0.3, 0.4) is 0 Å². The first-order chi connectivity index (χ1) is 6.25. The van der Waals surface area contributed by atoms with E-state index in [0.717, 1.165) is 18.4 Å². The smallest absolute Gasteiger partial charge is 0.270 e. The van der Waals surface area contributed by atoms with Crippen LogP contribution in [0.2, 0.25) is 0 Å². The van der Waals surface area contributed by atoms with Crippen LogP contribution in [0.25, 0.3) is 0 Å². The third-order valence-electron chi connectivity index (χ3n) is 2.06. The summed E-state index contributed by atoms with van der Waals surface area (Å²) in [5, 5.41) is 2.90. The van der Waals surface area contributed by atoms with Crippen LogP contribution in [0.5, 0.6) is 0 Å². The molecule has 1 amide bonds. The van der Waals surface area contributed by atoms with Gasteiger partial charge in [-0.3, -0.25) is 9.78 Å². The molecule has 1 heterocycles. The molecule has 0 atom stereocenters. The fraction of sp³-hybridized carbons (Fsp3) is 0.400. The van der Waals surface area contributed by atoms with Crippen molar-refractivity contribution in [1.82, 2.24) is 10.3 Å². The Morgan fingerprint density at radius 2 is 2.38 bits per heavy atom. The second kappa shape index (κ2) is 3.17. The number of nitrogens with one attached hydrogen (secondary N) is 1. The zero-order chi connectivity index (χ0) is 9.26. The van der Waals surface area contributed by atoms with Crippen molar-refractivity contribution < 1.29 is 4.79 Å². The highest BCUT2D eigenvalue weighted by Gasteiger charge is 2.24. The van der Waals surface area contributed by atoms with Crippen molar-refractivity contribution in [3.63, 3.8) is 0 Å². The summed E-state index contributed by atoms with van der Waals surface area (Å²) in [6.45, 7) is 1.95. The molecule has 68 valence electrons. The highest BCUT2D eigenvalue weighted by atomic mass is 16.2. The molecule has 0 unspecified atom stereocenters. The lowest BCUT2D eigenvalue weighted by Crippen LogP contribution is -2.26. The van der Waals surface area contributed by atoms with Crippen molar-refractivity contribution in [3.05, 3.63) is 29.6 Å². The normalized spacial score (nSPS) is 15.5. The topological polar surface area (TPSA) is 42.0 Å². The molecule has 0 aliphatic heterocycles. The minimum atomic E-state index is -0.0498. The molecule has 0 radical (unpaired) electrons. The van der Waals surface area contributed by atoms with Crippen molar-refractivity contribution >= 4 is 5.91 Å². The second-order valence-corrected chi connectivity index (χ2v) is 3.47. The predicted octanol–water partition coefficient (Wildman–Crippen LogP) is 1.28. The average molecular weight is 176 g/mol. The van der Waals surface area contributed by atoms with Crippen molar-refractivity contribution in [1.29, 1.82) is 0 Å². The van der Waals surface area contributed by atoms with Gasteiger partial charge >= 0.3 is 0 Å². The van der Waals surface area contributed by atoms with E-state index in [-0.39, 0.29) is 5.91 Å². The van der Waals surface area contributed by atoms with Gasteiger partial charge in [0.05, 0.1) is 0 Å². The quantitative estimate of drug-likeness (QED) is 0.737. The number of aromatic nitrogens is 1. The van der Waals surface area contributed by atoms with Crippen LogP contribution in [0.4, 0.5) is 0 Å². The Kier molecular flexibility index (Phi) is 2.00. The molecule has 2 rings (SSSR count). The first-order valence-electron chi connectivity index (χ1n) is 4.49. The lowest BCUT2D eigenvalue weighted by molar-refractivity contribution is 0.0946. The molecule has 1 aliphatic carbocycles. The van der Waals surface area contributed by atoms with Crippen LogP contribution >= 0.6 is 0 Å². The molecule has 1 aromatic heterocycles. The maximum absolute atomic E-state index is 11.5. The molecule has 1 N–H and O–H groups in total. The maximum atomic E-state index is 11.5. The van der Waals surface area contributed by atoms with Gasteiger partial charge < -0.3 is 5.32 Å². The van der Waals surface area contributed by atoms with E-state index in [1.54, 1.807) is 12.3 Å². The van der Waals surface area contributed by atoms with Crippen LogP contribution in [0.1, 0.15) is 28.9 Å². The Morgan fingerprint density at radius 1 is 1.62 bits per heavy atom. The maximum Gasteiger partial charge on any atom is 0.270 e. The summed E-state index contributed by atoms with van der Waals surface area (Å²) in [5.41, 5.74) is 1.59. The molecule has 1 aromatic rings. The Labute approximate surface area is 77.2 Å². The Balaban J connectivity index is 2.09. The molecule has 1 saturated carbocycles. The lowest BCUT2D eigenvalue weighted by Gasteiger charge is -2.02. The number of aryl methyl sites for hydroxylation is 1. The van der Waals surface area contributed by atoms with Crippen LogP contribution in [0, 0.1) is 6.92 Å². The van der Waals surface area contributed by atoms with Gasteiger partial charge in [0, 0.05) is 12.2 Å². The van der Waals surface area contributed by atoms with Gasteiger partial charge in [0.25, 0.3) is 5.91 Å². The molecule has 3 nitrogen and oxygen atoms in total. The minimum absolute atomic E-state index is 0.0498. The highest BCUT2D eigenvalue weighted by molar-refractivity contribution is 5.92. The standard InChI is InChI=1S/C10H12N2O/c1-7-4-5-11-9(6-7)10(13)12-8-2-3-8/h4-6,8H,2-3H2,1H3,(H,12,13). The summed E-state index contributed by atoms with van der Waals surface area (Å²) < 4.78 is 0. The van der Waals surface area contributed by atoms with Gasteiger partial charge in [-0.1, -0.05) is 0 Å². The molecular formula is C10H12N2O. The third kappa shape index (κ3) is 2.05. The predicted molar refractivity (Wildman–Crippen MR) is 49.5 cm³/mol. The first kappa shape index (κ1) is 8.23. The van der Waals surface area contributed by atoms with Crippen molar-refractivity contribution in [2.75, 3.05) is 0 Å². The van der Waals surface area contributed by atoms with E-state index >= 15 is 0 Å². The monoisotopic (exact) mass is 176 g/mol. The van der Waals surface area contributed by atoms with E-state index in [9.17, 15) is 4.79 Å². The van der Waals surface area contributed by atoms with Crippen LogP contribution in [0.15, 0.2) is 18.3 Å². The number of amides is 1. The molecule has 0 bridgehead atoms. The molecule has 13 heavy (non-hydrogen) atoms. The molecule has 3 heteroatoms. The summed E-state index contributed by atoms with van der Waals surface area (Å²) >= 11 is 0. The molecule has 0 spiro atoms. The van der Waals surface area contributed by atoms with Gasteiger partial charge in [0.1, 0.15) is 5.69 Å². The number of carbonyl (C=O) groups is 1. The molecule has 0 saturated heterocycles. The van der Waals surface area contributed by atoms with Crippen LogP contribution in [-0.4, -0.2) is 16.9 Å². The van der Waals surface area contributed by atoms with Crippen molar-refractivity contribution in [3.8, 4) is 0 Å². The summed E-state index contributed by atoms with van der Waals surface area (Å²) in [6, 6.07) is 4.08. The summed E-state index contributed by atoms with van der Waals surface area (Å²) in [7, 11) is 0. The molecule has 0 aromatic carbocycles. The fourth-order valence-electron chi connectivity index (χ4n) is 1.15. The number of carbonyl (C=O) groups excluding carboxylic acids is 1. The molecule has 1 aliphatic rings. The van der Waals surface area contributed by atoms with Gasteiger partial charge in [-0.2, -0.15) is 0 Å².